The highest BCUT2D eigenvalue weighted by atomic mass is 16.5. The molecule has 1 N–H and O–H groups in total. The molecule has 1 heterocycles. The highest BCUT2D eigenvalue weighted by molar-refractivity contribution is 5.40. The Morgan fingerprint density at radius 3 is 2.88 bits per heavy atom. The van der Waals surface area contributed by atoms with Gasteiger partial charge in [-0.3, -0.25) is 0 Å². The van der Waals surface area contributed by atoms with Gasteiger partial charge in [0.05, 0.1) is 6.10 Å². The minimum absolute atomic E-state index is 0.270. The highest BCUT2D eigenvalue weighted by Gasteiger charge is 2.03. The molecule has 1 unspecified atom stereocenters. The zero-order valence-corrected chi connectivity index (χ0v) is 10.5. The second-order valence-corrected chi connectivity index (χ2v) is 4.02. The summed E-state index contributed by atoms with van der Waals surface area (Å²) in [6, 6.07) is 3.87. The molecule has 3 heteroatoms. The van der Waals surface area contributed by atoms with Crippen LogP contribution in [0, 0.1) is 0 Å². The second-order valence-electron chi connectivity index (χ2n) is 4.02. The van der Waals surface area contributed by atoms with Crippen LogP contribution in [-0.2, 0) is 0 Å². The van der Waals surface area contributed by atoms with Crippen molar-refractivity contribution in [3.63, 3.8) is 0 Å². The Bertz CT molecular complexity index is 302. The first-order valence-corrected chi connectivity index (χ1v) is 6.12. The van der Waals surface area contributed by atoms with Gasteiger partial charge in [0.25, 0.3) is 0 Å². The molecule has 90 valence electrons. The van der Waals surface area contributed by atoms with Crippen LogP contribution >= 0.6 is 0 Å². The van der Waals surface area contributed by atoms with Crippen LogP contribution in [0.15, 0.2) is 18.3 Å². The smallest absolute Gasteiger partial charge is 0.129 e. The molecule has 3 nitrogen and oxygen atoms in total. The van der Waals surface area contributed by atoms with Crippen molar-refractivity contribution >= 4 is 5.82 Å². The van der Waals surface area contributed by atoms with Crippen molar-refractivity contribution in [3.8, 4) is 5.75 Å². The first-order valence-electron chi connectivity index (χ1n) is 6.12. The summed E-state index contributed by atoms with van der Waals surface area (Å²) in [5.74, 6) is 1.79. The van der Waals surface area contributed by atoms with E-state index in [2.05, 4.69) is 31.1 Å². The molecular formula is C13H22N2O. The fourth-order valence-electron chi connectivity index (χ4n) is 1.53. The third-order valence-corrected chi connectivity index (χ3v) is 2.32. The van der Waals surface area contributed by atoms with Crippen LogP contribution in [0.2, 0.25) is 0 Å². The standard InChI is InChI=1S/C13H22N2O/c1-4-6-11(3)16-12-7-9-15-13(10-12)14-8-5-2/h7,9-11H,4-6,8H2,1-3H3,(H,14,15). The van der Waals surface area contributed by atoms with E-state index in [0.29, 0.717) is 0 Å². The summed E-state index contributed by atoms with van der Waals surface area (Å²) < 4.78 is 5.80. The molecule has 0 radical (unpaired) electrons. The van der Waals surface area contributed by atoms with Gasteiger partial charge in [0.2, 0.25) is 0 Å². The molecule has 1 atom stereocenters. The molecule has 1 aromatic rings. The molecule has 1 aromatic heterocycles. The van der Waals surface area contributed by atoms with E-state index in [4.69, 9.17) is 4.74 Å². The fraction of sp³-hybridized carbons (Fsp3) is 0.615. The Labute approximate surface area is 98.2 Å². The van der Waals surface area contributed by atoms with Crippen molar-refractivity contribution in [2.45, 2.75) is 46.1 Å². The normalized spacial score (nSPS) is 12.2. The Morgan fingerprint density at radius 1 is 1.38 bits per heavy atom. The Hall–Kier alpha value is -1.25. The minimum Gasteiger partial charge on any atom is -0.491 e. The van der Waals surface area contributed by atoms with Gasteiger partial charge in [0, 0.05) is 18.8 Å². The van der Waals surface area contributed by atoms with Gasteiger partial charge in [-0.15, -0.1) is 0 Å². The molecule has 0 aliphatic heterocycles. The van der Waals surface area contributed by atoms with Crippen LogP contribution in [0.5, 0.6) is 5.75 Å². The molecule has 1 rings (SSSR count). The predicted molar refractivity (Wildman–Crippen MR) is 68.0 cm³/mol. The van der Waals surface area contributed by atoms with Gasteiger partial charge in [0.1, 0.15) is 11.6 Å². The van der Waals surface area contributed by atoms with Gasteiger partial charge in [-0.25, -0.2) is 4.98 Å². The van der Waals surface area contributed by atoms with Crippen LogP contribution in [0.1, 0.15) is 40.0 Å². The van der Waals surface area contributed by atoms with Gasteiger partial charge >= 0.3 is 0 Å². The Morgan fingerprint density at radius 2 is 2.19 bits per heavy atom. The second kappa shape index (κ2) is 7.09. The Kier molecular flexibility index (Phi) is 5.68. The van der Waals surface area contributed by atoms with E-state index in [9.17, 15) is 0 Å². The molecular weight excluding hydrogens is 200 g/mol. The maximum Gasteiger partial charge on any atom is 0.129 e. The lowest BCUT2D eigenvalue weighted by atomic mass is 10.2. The van der Waals surface area contributed by atoms with Crippen molar-refractivity contribution in [2.75, 3.05) is 11.9 Å². The Balaban J connectivity index is 2.52. The lowest BCUT2D eigenvalue weighted by molar-refractivity contribution is 0.210. The van der Waals surface area contributed by atoms with Crippen molar-refractivity contribution < 1.29 is 4.74 Å². The van der Waals surface area contributed by atoms with Crippen LogP contribution in [0.25, 0.3) is 0 Å². The van der Waals surface area contributed by atoms with Crippen LogP contribution < -0.4 is 10.1 Å². The molecule has 0 aromatic carbocycles. The van der Waals surface area contributed by atoms with Crippen molar-refractivity contribution in [2.24, 2.45) is 0 Å². The number of nitrogens with zero attached hydrogens (tertiary/aromatic N) is 1. The van der Waals surface area contributed by atoms with Crippen molar-refractivity contribution in [3.05, 3.63) is 18.3 Å². The summed E-state index contributed by atoms with van der Waals surface area (Å²) in [7, 11) is 0. The van der Waals surface area contributed by atoms with E-state index in [0.717, 1.165) is 37.4 Å². The third-order valence-electron chi connectivity index (χ3n) is 2.32. The predicted octanol–water partition coefficient (Wildman–Crippen LogP) is 3.47. The molecule has 0 fully saturated rings. The average Bonchev–Trinajstić information content (AvgIpc) is 2.27. The third kappa shape index (κ3) is 4.51. The highest BCUT2D eigenvalue weighted by Crippen LogP contribution is 2.17. The van der Waals surface area contributed by atoms with Crippen LogP contribution in [0.4, 0.5) is 5.82 Å². The minimum atomic E-state index is 0.270. The number of rotatable bonds is 7. The van der Waals surface area contributed by atoms with Gasteiger partial charge < -0.3 is 10.1 Å². The molecule has 0 aliphatic carbocycles. The topological polar surface area (TPSA) is 34.1 Å². The molecule has 16 heavy (non-hydrogen) atoms. The number of aromatic nitrogens is 1. The monoisotopic (exact) mass is 222 g/mol. The number of hydrogen-bond donors (Lipinski definition) is 1. The summed E-state index contributed by atoms with van der Waals surface area (Å²) in [5.41, 5.74) is 0. The van der Waals surface area contributed by atoms with Gasteiger partial charge in [-0.1, -0.05) is 20.3 Å². The zero-order valence-electron chi connectivity index (χ0n) is 10.5. The maximum absolute atomic E-state index is 5.80. The summed E-state index contributed by atoms with van der Waals surface area (Å²) in [4.78, 5) is 4.24. The van der Waals surface area contributed by atoms with Crippen molar-refractivity contribution in [1.82, 2.24) is 4.98 Å². The fourth-order valence-corrected chi connectivity index (χ4v) is 1.53. The molecule has 0 saturated heterocycles. The first kappa shape index (κ1) is 12.8. The lowest BCUT2D eigenvalue weighted by Gasteiger charge is -2.14. The zero-order chi connectivity index (χ0) is 11.8. The maximum atomic E-state index is 5.80. The van der Waals surface area contributed by atoms with Gasteiger partial charge in [-0.05, 0) is 25.8 Å². The summed E-state index contributed by atoms with van der Waals surface area (Å²) in [5, 5.41) is 3.25. The van der Waals surface area contributed by atoms with Gasteiger partial charge in [0.15, 0.2) is 0 Å². The van der Waals surface area contributed by atoms with E-state index in [-0.39, 0.29) is 6.10 Å². The number of ether oxygens (including phenoxy) is 1. The molecule has 0 amide bonds. The largest absolute Gasteiger partial charge is 0.491 e. The van der Waals surface area contributed by atoms with Crippen LogP contribution in [0.3, 0.4) is 0 Å². The lowest BCUT2D eigenvalue weighted by Crippen LogP contribution is -2.11. The summed E-state index contributed by atoms with van der Waals surface area (Å²) in [6.45, 7) is 7.35. The number of anilines is 1. The molecule has 0 aliphatic rings. The van der Waals surface area contributed by atoms with E-state index in [1.165, 1.54) is 0 Å². The van der Waals surface area contributed by atoms with Crippen molar-refractivity contribution in [1.29, 1.82) is 0 Å². The summed E-state index contributed by atoms with van der Waals surface area (Å²) in [6.07, 6.45) is 5.38. The van der Waals surface area contributed by atoms with E-state index >= 15 is 0 Å². The first-order chi connectivity index (χ1) is 7.76. The number of nitrogens with one attached hydrogen (secondary N) is 1. The molecule has 0 spiro atoms. The van der Waals surface area contributed by atoms with E-state index in [1.807, 2.05) is 12.1 Å². The quantitative estimate of drug-likeness (QED) is 0.767. The average molecular weight is 222 g/mol. The number of hydrogen-bond acceptors (Lipinski definition) is 3. The van der Waals surface area contributed by atoms with Gasteiger partial charge in [-0.2, -0.15) is 0 Å². The number of pyridine rings is 1. The SMILES string of the molecule is CCCNc1cc(OC(C)CCC)ccn1. The summed E-state index contributed by atoms with van der Waals surface area (Å²) >= 11 is 0. The van der Waals surface area contributed by atoms with E-state index < -0.39 is 0 Å². The van der Waals surface area contributed by atoms with Crippen LogP contribution in [-0.4, -0.2) is 17.6 Å². The van der Waals surface area contributed by atoms with E-state index in [1.54, 1.807) is 6.20 Å². The molecule has 0 saturated carbocycles. The molecule has 0 bridgehead atoms.